The molecule has 0 fully saturated rings. The van der Waals surface area contributed by atoms with Crippen molar-refractivity contribution >= 4 is 12.0 Å². The summed E-state index contributed by atoms with van der Waals surface area (Å²) in [6, 6.07) is 9.67. The Labute approximate surface area is 155 Å². The monoisotopic (exact) mass is 362 g/mol. The molecule has 6 heteroatoms. The van der Waals surface area contributed by atoms with E-state index >= 15 is 0 Å². The first-order valence-corrected chi connectivity index (χ1v) is 8.80. The largest absolute Gasteiger partial charge is 0.445 e. The number of nitrogens with two attached hydrogens (primary N) is 1. The van der Waals surface area contributed by atoms with E-state index in [0.29, 0.717) is 13.2 Å². The van der Waals surface area contributed by atoms with Crippen molar-refractivity contribution in [3.05, 3.63) is 59.7 Å². The SMILES string of the molecule is CC.NC(=O)OCC1=CC=CCC1.O=C(CCO)NCc1ccccc1. The second-order valence-electron chi connectivity index (χ2n) is 5.14. The van der Waals surface area contributed by atoms with E-state index in [2.05, 4.69) is 16.1 Å². The summed E-state index contributed by atoms with van der Waals surface area (Å²) in [5.74, 6) is -0.119. The third kappa shape index (κ3) is 12.8. The molecule has 0 aliphatic heterocycles. The van der Waals surface area contributed by atoms with Crippen LogP contribution < -0.4 is 11.1 Å². The number of carbonyl (C=O) groups is 2. The molecule has 0 aromatic heterocycles. The van der Waals surface area contributed by atoms with Crippen LogP contribution in [0.4, 0.5) is 4.79 Å². The van der Waals surface area contributed by atoms with Crippen molar-refractivity contribution in [1.82, 2.24) is 5.32 Å². The van der Waals surface area contributed by atoms with Crippen LogP contribution >= 0.6 is 0 Å². The fourth-order valence-corrected chi connectivity index (χ4v) is 1.92. The molecule has 1 aliphatic carbocycles. The van der Waals surface area contributed by atoms with E-state index in [0.717, 1.165) is 24.0 Å². The van der Waals surface area contributed by atoms with E-state index in [1.165, 1.54) is 0 Å². The Bertz CT molecular complexity index is 568. The van der Waals surface area contributed by atoms with Gasteiger partial charge < -0.3 is 20.9 Å². The molecule has 2 rings (SSSR count). The molecule has 1 aliphatic rings. The van der Waals surface area contributed by atoms with Gasteiger partial charge in [-0.3, -0.25) is 4.79 Å². The summed E-state index contributed by atoms with van der Waals surface area (Å²) in [7, 11) is 0. The van der Waals surface area contributed by atoms with Gasteiger partial charge in [0.25, 0.3) is 0 Å². The van der Waals surface area contributed by atoms with E-state index in [-0.39, 0.29) is 18.9 Å². The van der Waals surface area contributed by atoms with Gasteiger partial charge in [0.2, 0.25) is 5.91 Å². The number of aliphatic hydroxyl groups is 1. The lowest BCUT2D eigenvalue weighted by Gasteiger charge is -2.07. The lowest BCUT2D eigenvalue weighted by atomic mass is 10.1. The molecule has 0 atom stereocenters. The predicted molar refractivity (Wildman–Crippen MR) is 103 cm³/mol. The number of hydrogen-bond donors (Lipinski definition) is 3. The van der Waals surface area contributed by atoms with Crippen molar-refractivity contribution in [2.75, 3.05) is 13.2 Å². The molecular formula is C20H30N2O4. The third-order valence-corrected chi connectivity index (χ3v) is 3.17. The molecule has 0 saturated carbocycles. The molecule has 2 amide bonds. The van der Waals surface area contributed by atoms with Crippen LogP contribution in [-0.4, -0.2) is 30.3 Å². The molecule has 0 spiro atoms. The summed E-state index contributed by atoms with van der Waals surface area (Å²) in [5.41, 5.74) is 6.98. The van der Waals surface area contributed by atoms with Crippen LogP contribution in [0.15, 0.2) is 54.1 Å². The van der Waals surface area contributed by atoms with Gasteiger partial charge in [0, 0.05) is 13.0 Å². The minimum atomic E-state index is -0.708. The van der Waals surface area contributed by atoms with E-state index in [1.807, 2.05) is 56.3 Å². The topological polar surface area (TPSA) is 102 Å². The molecule has 0 bridgehead atoms. The van der Waals surface area contributed by atoms with Gasteiger partial charge in [0.05, 0.1) is 6.61 Å². The number of amides is 2. The Kier molecular flexibility index (Phi) is 14.3. The molecule has 0 unspecified atom stereocenters. The number of primary amides is 1. The van der Waals surface area contributed by atoms with Crippen LogP contribution in [0.3, 0.4) is 0 Å². The number of carbonyl (C=O) groups excluding carboxylic acids is 2. The normalized spacial score (nSPS) is 11.7. The summed E-state index contributed by atoms with van der Waals surface area (Å²) < 4.78 is 4.62. The Morgan fingerprint density at radius 2 is 1.92 bits per heavy atom. The molecular weight excluding hydrogens is 332 g/mol. The van der Waals surface area contributed by atoms with Crippen LogP contribution in [0.25, 0.3) is 0 Å². The number of aliphatic hydroxyl groups excluding tert-OH is 1. The zero-order chi connectivity index (χ0) is 19.6. The molecule has 4 N–H and O–H groups in total. The first-order chi connectivity index (χ1) is 12.6. The zero-order valence-electron chi connectivity index (χ0n) is 15.6. The van der Waals surface area contributed by atoms with Gasteiger partial charge in [-0.05, 0) is 24.0 Å². The number of ether oxygens (including phenoxy) is 1. The van der Waals surface area contributed by atoms with E-state index in [9.17, 15) is 9.59 Å². The molecule has 1 aromatic carbocycles. The molecule has 0 radical (unpaired) electrons. The Balaban J connectivity index is 0.000000444. The summed E-state index contributed by atoms with van der Waals surface area (Å²) in [4.78, 5) is 21.1. The van der Waals surface area contributed by atoms with Crippen molar-refractivity contribution in [1.29, 1.82) is 0 Å². The first kappa shape index (κ1) is 23.4. The second-order valence-corrected chi connectivity index (χ2v) is 5.14. The summed E-state index contributed by atoms with van der Waals surface area (Å²) in [6.07, 6.45) is 7.44. The highest BCUT2D eigenvalue weighted by molar-refractivity contribution is 5.75. The van der Waals surface area contributed by atoms with Crippen molar-refractivity contribution in [3.8, 4) is 0 Å². The van der Waals surface area contributed by atoms with Crippen LogP contribution in [0.1, 0.15) is 38.7 Å². The fourth-order valence-electron chi connectivity index (χ4n) is 1.92. The van der Waals surface area contributed by atoms with Gasteiger partial charge in [0.1, 0.15) is 6.61 Å². The Morgan fingerprint density at radius 1 is 1.23 bits per heavy atom. The van der Waals surface area contributed by atoms with Crippen LogP contribution in [0.5, 0.6) is 0 Å². The summed E-state index contributed by atoms with van der Waals surface area (Å²) >= 11 is 0. The quantitative estimate of drug-likeness (QED) is 0.724. The standard InChI is InChI=1S/C10H13NO2.C8H11NO2.C2H6/c12-7-6-10(13)11-8-9-4-2-1-3-5-9;9-8(10)11-6-7-4-2-1-3-5-7;1-2/h1-5,12H,6-8H2,(H,11,13);1-2,4H,3,5-6H2,(H2,9,10);1-2H3. The van der Waals surface area contributed by atoms with Crippen molar-refractivity contribution in [2.24, 2.45) is 5.73 Å². The van der Waals surface area contributed by atoms with Crippen LogP contribution in [0.2, 0.25) is 0 Å². The Morgan fingerprint density at radius 3 is 2.46 bits per heavy atom. The van der Waals surface area contributed by atoms with E-state index in [1.54, 1.807) is 0 Å². The zero-order valence-corrected chi connectivity index (χ0v) is 15.6. The van der Waals surface area contributed by atoms with Crippen molar-refractivity contribution in [2.45, 2.75) is 39.7 Å². The highest BCUT2D eigenvalue weighted by Crippen LogP contribution is 2.11. The molecule has 144 valence electrons. The highest BCUT2D eigenvalue weighted by atomic mass is 16.5. The molecule has 0 saturated heterocycles. The number of rotatable bonds is 6. The highest BCUT2D eigenvalue weighted by Gasteiger charge is 2.01. The van der Waals surface area contributed by atoms with Gasteiger partial charge >= 0.3 is 6.09 Å². The van der Waals surface area contributed by atoms with Crippen molar-refractivity contribution in [3.63, 3.8) is 0 Å². The summed E-state index contributed by atoms with van der Waals surface area (Å²) in [5, 5.41) is 11.2. The molecule has 1 aromatic rings. The minimum absolute atomic E-state index is 0.0966. The molecule has 0 heterocycles. The molecule has 26 heavy (non-hydrogen) atoms. The smallest absolute Gasteiger partial charge is 0.404 e. The third-order valence-electron chi connectivity index (χ3n) is 3.17. The predicted octanol–water partition coefficient (Wildman–Crippen LogP) is 3.07. The maximum absolute atomic E-state index is 10.9. The maximum Gasteiger partial charge on any atom is 0.404 e. The van der Waals surface area contributed by atoms with Gasteiger partial charge in [-0.25, -0.2) is 4.79 Å². The number of allylic oxidation sites excluding steroid dienone is 3. The van der Waals surface area contributed by atoms with Gasteiger partial charge in [0.15, 0.2) is 0 Å². The van der Waals surface area contributed by atoms with Crippen molar-refractivity contribution < 1.29 is 19.4 Å². The first-order valence-electron chi connectivity index (χ1n) is 8.80. The average Bonchev–Trinajstić information content (AvgIpc) is 2.69. The number of benzene rings is 1. The maximum atomic E-state index is 10.9. The fraction of sp³-hybridized carbons (Fsp3) is 0.400. The average molecular weight is 362 g/mol. The number of nitrogens with one attached hydrogen (secondary N) is 1. The lowest BCUT2D eigenvalue weighted by Crippen LogP contribution is -2.23. The molecule has 6 nitrogen and oxygen atoms in total. The van der Waals surface area contributed by atoms with Gasteiger partial charge in [-0.2, -0.15) is 0 Å². The number of hydrogen-bond acceptors (Lipinski definition) is 4. The second kappa shape index (κ2) is 15.9. The summed E-state index contributed by atoms with van der Waals surface area (Å²) in [6.45, 7) is 4.76. The van der Waals surface area contributed by atoms with E-state index < -0.39 is 6.09 Å². The van der Waals surface area contributed by atoms with Gasteiger partial charge in [-0.1, -0.05) is 62.4 Å². The van der Waals surface area contributed by atoms with Gasteiger partial charge in [-0.15, -0.1) is 0 Å². The Hall–Kier alpha value is -2.60. The van der Waals surface area contributed by atoms with Crippen LogP contribution in [-0.2, 0) is 16.1 Å². The lowest BCUT2D eigenvalue weighted by molar-refractivity contribution is -0.121. The minimum Gasteiger partial charge on any atom is -0.445 e. The van der Waals surface area contributed by atoms with Crippen LogP contribution in [0, 0.1) is 0 Å². The van der Waals surface area contributed by atoms with E-state index in [4.69, 9.17) is 10.8 Å².